The first kappa shape index (κ1) is 9.91. The lowest BCUT2D eigenvalue weighted by Gasteiger charge is -2.38. The summed E-state index contributed by atoms with van der Waals surface area (Å²) in [6, 6.07) is 8.18. The molecule has 0 radical (unpaired) electrons. The molecule has 2 heteroatoms. The maximum Gasteiger partial charge on any atom is 0.0314 e. The molecular weight excluding hydrogens is 190 g/mol. The second-order valence-electron chi connectivity index (χ2n) is 4.52. The zero-order chi connectivity index (χ0) is 10.0. The number of nitrogens with two attached hydrogens (primary N) is 1. The maximum absolute atomic E-state index is 5.64. The van der Waals surface area contributed by atoms with E-state index in [0.717, 1.165) is 5.69 Å². The molecule has 1 fully saturated rings. The van der Waals surface area contributed by atoms with Crippen molar-refractivity contribution in [3.05, 3.63) is 24.3 Å². The second-order valence-corrected chi connectivity index (χ2v) is 5.57. The molecule has 0 atom stereocenters. The van der Waals surface area contributed by atoms with Gasteiger partial charge in [0.25, 0.3) is 0 Å². The smallest absolute Gasteiger partial charge is 0.0314 e. The first-order valence-electron chi connectivity index (χ1n) is 5.16. The second kappa shape index (κ2) is 3.85. The van der Waals surface area contributed by atoms with Crippen LogP contribution in [0.5, 0.6) is 0 Å². The quantitative estimate of drug-likeness (QED) is 0.606. The van der Waals surface area contributed by atoms with E-state index in [2.05, 4.69) is 19.1 Å². The van der Waals surface area contributed by atoms with Crippen molar-refractivity contribution in [2.75, 3.05) is 11.5 Å². The van der Waals surface area contributed by atoms with E-state index in [1.54, 1.807) is 0 Å². The van der Waals surface area contributed by atoms with E-state index >= 15 is 0 Å². The third-order valence-corrected chi connectivity index (χ3v) is 4.47. The Bertz CT molecular complexity index is 301. The number of thioether (sulfide) groups is 1. The van der Waals surface area contributed by atoms with E-state index in [4.69, 9.17) is 5.73 Å². The highest BCUT2D eigenvalue weighted by Crippen LogP contribution is 2.44. The van der Waals surface area contributed by atoms with Crippen LogP contribution in [-0.4, -0.2) is 5.75 Å². The van der Waals surface area contributed by atoms with Gasteiger partial charge in [0.1, 0.15) is 0 Å². The highest BCUT2D eigenvalue weighted by Gasteiger charge is 2.31. The molecule has 0 aromatic heterocycles. The lowest BCUT2D eigenvalue weighted by molar-refractivity contribution is 0.197. The molecular formula is C12H17NS. The van der Waals surface area contributed by atoms with E-state index < -0.39 is 0 Å². The number of anilines is 1. The normalized spacial score (nSPS) is 18.9. The van der Waals surface area contributed by atoms with Crippen molar-refractivity contribution < 1.29 is 0 Å². The fraction of sp³-hybridized carbons (Fsp3) is 0.500. The summed E-state index contributed by atoms with van der Waals surface area (Å²) in [5.41, 5.74) is 7.09. The van der Waals surface area contributed by atoms with Crippen LogP contribution < -0.4 is 5.73 Å². The Labute approximate surface area is 90.1 Å². The van der Waals surface area contributed by atoms with Crippen molar-refractivity contribution in [1.82, 2.24) is 0 Å². The lowest BCUT2D eigenvalue weighted by atomic mass is 9.72. The van der Waals surface area contributed by atoms with Crippen molar-refractivity contribution in [3.8, 4) is 0 Å². The van der Waals surface area contributed by atoms with Crippen molar-refractivity contribution in [1.29, 1.82) is 0 Å². The molecule has 2 N–H and O–H groups in total. The zero-order valence-electron chi connectivity index (χ0n) is 8.62. The largest absolute Gasteiger partial charge is 0.399 e. The van der Waals surface area contributed by atoms with Gasteiger partial charge in [0.05, 0.1) is 0 Å². The SMILES string of the molecule is CC1(CSc2ccc(N)cc2)CCC1. The standard InChI is InChI=1S/C12H17NS/c1-12(7-2-8-12)9-14-11-5-3-10(13)4-6-11/h3-6H,2,7-9,13H2,1H3. The number of hydrogen-bond donors (Lipinski definition) is 1. The van der Waals surface area contributed by atoms with Gasteiger partial charge in [-0.2, -0.15) is 0 Å². The van der Waals surface area contributed by atoms with Crippen LogP contribution in [-0.2, 0) is 0 Å². The van der Waals surface area contributed by atoms with E-state index in [9.17, 15) is 0 Å². The highest BCUT2D eigenvalue weighted by atomic mass is 32.2. The van der Waals surface area contributed by atoms with Gasteiger partial charge in [0.15, 0.2) is 0 Å². The summed E-state index contributed by atoms with van der Waals surface area (Å²) < 4.78 is 0. The Kier molecular flexibility index (Phi) is 2.73. The van der Waals surface area contributed by atoms with Crippen molar-refractivity contribution in [3.63, 3.8) is 0 Å². The molecule has 0 unspecified atom stereocenters. The Hall–Kier alpha value is -0.630. The zero-order valence-corrected chi connectivity index (χ0v) is 9.44. The average Bonchev–Trinajstić information content (AvgIpc) is 2.14. The Morgan fingerprint density at radius 1 is 1.29 bits per heavy atom. The van der Waals surface area contributed by atoms with Gasteiger partial charge in [-0.15, -0.1) is 11.8 Å². The van der Waals surface area contributed by atoms with Crippen LogP contribution in [0.25, 0.3) is 0 Å². The summed E-state index contributed by atoms with van der Waals surface area (Å²) in [6.07, 6.45) is 4.21. The summed E-state index contributed by atoms with van der Waals surface area (Å²) in [6.45, 7) is 2.39. The van der Waals surface area contributed by atoms with E-state index in [-0.39, 0.29) is 0 Å². The Balaban J connectivity index is 1.88. The van der Waals surface area contributed by atoms with Gasteiger partial charge in [-0.1, -0.05) is 13.3 Å². The molecule has 0 heterocycles. The van der Waals surface area contributed by atoms with Gasteiger partial charge in [0.2, 0.25) is 0 Å². The predicted molar refractivity (Wildman–Crippen MR) is 63.5 cm³/mol. The first-order valence-corrected chi connectivity index (χ1v) is 6.15. The molecule has 14 heavy (non-hydrogen) atoms. The number of hydrogen-bond acceptors (Lipinski definition) is 2. The topological polar surface area (TPSA) is 26.0 Å². The fourth-order valence-electron chi connectivity index (χ4n) is 1.75. The summed E-state index contributed by atoms with van der Waals surface area (Å²) in [5, 5.41) is 0. The van der Waals surface area contributed by atoms with Crippen LogP contribution in [0.15, 0.2) is 29.2 Å². The Morgan fingerprint density at radius 2 is 1.93 bits per heavy atom. The monoisotopic (exact) mass is 207 g/mol. The summed E-state index contributed by atoms with van der Waals surface area (Å²) in [7, 11) is 0. The molecule has 1 nitrogen and oxygen atoms in total. The van der Waals surface area contributed by atoms with Gasteiger partial charge in [-0.25, -0.2) is 0 Å². The van der Waals surface area contributed by atoms with Crippen LogP contribution in [0.4, 0.5) is 5.69 Å². The fourth-order valence-corrected chi connectivity index (χ4v) is 2.88. The maximum atomic E-state index is 5.64. The summed E-state index contributed by atoms with van der Waals surface area (Å²) in [4.78, 5) is 1.34. The van der Waals surface area contributed by atoms with Gasteiger partial charge in [-0.3, -0.25) is 0 Å². The average molecular weight is 207 g/mol. The minimum Gasteiger partial charge on any atom is -0.399 e. The van der Waals surface area contributed by atoms with E-state index in [0.29, 0.717) is 5.41 Å². The molecule has 0 saturated heterocycles. The lowest BCUT2D eigenvalue weighted by Crippen LogP contribution is -2.27. The molecule has 1 aliphatic carbocycles. The number of nitrogen functional groups attached to an aromatic ring is 1. The van der Waals surface area contributed by atoms with Crippen LogP contribution in [0.2, 0.25) is 0 Å². The van der Waals surface area contributed by atoms with Crippen LogP contribution >= 0.6 is 11.8 Å². The predicted octanol–water partition coefficient (Wildman–Crippen LogP) is 3.55. The van der Waals surface area contributed by atoms with E-state index in [1.807, 2.05) is 23.9 Å². The van der Waals surface area contributed by atoms with Gasteiger partial charge < -0.3 is 5.73 Å². The van der Waals surface area contributed by atoms with E-state index in [1.165, 1.54) is 29.9 Å². The highest BCUT2D eigenvalue weighted by molar-refractivity contribution is 7.99. The van der Waals surface area contributed by atoms with Crippen LogP contribution in [0.3, 0.4) is 0 Å². The molecule has 0 aliphatic heterocycles. The van der Waals surface area contributed by atoms with Gasteiger partial charge in [0, 0.05) is 16.3 Å². The minimum atomic E-state index is 0.603. The van der Waals surface area contributed by atoms with Gasteiger partial charge in [-0.05, 0) is 42.5 Å². The van der Waals surface area contributed by atoms with Gasteiger partial charge >= 0.3 is 0 Å². The molecule has 1 aromatic rings. The number of rotatable bonds is 3. The molecule has 1 aromatic carbocycles. The van der Waals surface area contributed by atoms with Crippen molar-refractivity contribution in [2.24, 2.45) is 5.41 Å². The number of benzene rings is 1. The van der Waals surface area contributed by atoms with Crippen LogP contribution in [0.1, 0.15) is 26.2 Å². The van der Waals surface area contributed by atoms with Crippen molar-refractivity contribution in [2.45, 2.75) is 31.1 Å². The molecule has 0 bridgehead atoms. The Morgan fingerprint density at radius 3 is 2.43 bits per heavy atom. The third-order valence-electron chi connectivity index (χ3n) is 3.03. The first-order chi connectivity index (χ1) is 6.68. The van der Waals surface area contributed by atoms with Crippen molar-refractivity contribution >= 4 is 17.4 Å². The third kappa shape index (κ3) is 2.24. The molecule has 0 amide bonds. The van der Waals surface area contributed by atoms with Crippen LogP contribution in [0, 0.1) is 5.41 Å². The molecule has 76 valence electrons. The molecule has 2 rings (SSSR count). The molecule has 1 aliphatic rings. The summed E-state index contributed by atoms with van der Waals surface area (Å²) >= 11 is 1.96. The molecule has 0 spiro atoms. The minimum absolute atomic E-state index is 0.603. The summed E-state index contributed by atoms with van der Waals surface area (Å²) in [5.74, 6) is 1.25. The molecule has 1 saturated carbocycles.